The number of nitrogens with two attached hydrogens (primary N) is 1. The van der Waals surface area contributed by atoms with Gasteiger partial charge in [-0.2, -0.15) is 0 Å². The molecule has 0 saturated carbocycles. The number of methoxy groups -OCH3 is 1. The van der Waals surface area contributed by atoms with E-state index in [0.29, 0.717) is 0 Å². The van der Waals surface area contributed by atoms with E-state index in [9.17, 15) is 0 Å². The van der Waals surface area contributed by atoms with E-state index in [1.54, 1.807) is 7.11 Å². The van der Waals surface area contributed by atoms with Gasteiger partial charge in [-0.15, -0.1) is 0 Å². The van der Waals surface area contributed by atoms with Crippen molar-refractivity contribution in [2.24, 2.45) is 0 Å². The van der Waals surface area contributed by atoms with Gasteiger partial charge in [-0.25, -0.2) is 0 Å². The Morgan fingerprint density at radius 2 is 2.24 bits per heavy atom. The maximum atomic E-state index is 5.99. The monoisotopic (exact) mass is 232 g/mol. The third-order valence-corrected chi connectivity index (χ3v) is 3.26. The molecule has 0 amide bonds. The minimum absolute atomic E-state index is 0.845. The molecule has 0 saturated heterocycles. The summed E-state index contributed by atoms with van der Waals surface area (Å²) in [6.45, 7) is 5.21. The largest absolute Gasteiger partial charge is 0.497 e. The van der Waals surface area contributed by atoms with Crippen LogP contribution in [0, 0.1) is 0 Å². The molecule has 1 aromatic carbocycles. The van der Waals surface area contributed by atoms with Crippen molar-refractivity contribution in [3.8, 4) is 5.75 Å². The predicted octanol–water partition coefficient (Wildman–Crippen LogP) is 2.43. The second kappa shape index (κ2) is 5.23. The molecule has 3 nitrogen and oxygen atoms in total. The second-order valence-corrected chi connectivity index (χ2v) is 4.60. The number of hydrogen-bond acceptors (Lipinski definition) is 3. The van der Waals surface area contributed by atoms with Crippen molar-refractivity contribution in [1.29, 1.82) is 0 Å². The molecule has 2 rings (SSSR count). The average Bonchev–Trinajstić information content (AvgIpc) is 2.35. The lowest BCUT2D eigenvalue weighted by atomic mass is 10.1. The second-order valence-electron chi connectivity index (χ2n) is 4.60. The van der Waals surface area contributed by atoms with Gasteiger partial charge in [0.25, 0.3) is 0 Å². The van der Waals surface area contributed by atoms with Gasteiger partial charge in [0.1, 0.15) is 5.75 Å². The first-order chi connectivity index (χ1) is 8.19. The molecule has 3 heteroatoms. The minimum atomic E-state index is 0.845. The zero-order valence-electron chi connectivity index (χ0n) is 10.6. The van der Waals surface area contributed by atoms with E-state index in [0.717, 1.165) is 43.1 Å². The molecular formula is C14H20N2O. The Labute approximate surface area is 103 Å². The van der Waals surface area contributed by atoms with Crippen LogP contribution in [0.1, 0.15) is 18.9 Å². The fourth-order valence-electron chi connectivity index (χ4n) is 2.04. The van der Waals surface area contributed by atoms with Crippen molar-refractivity contribution < 1.29 is 4.74 Å². The summed E-state index contributed by atoms with van der Waals surface area (Å²) in [6.07, 6.45) is 3.45. The normalized spacial score (nSPS) is 16.7. The number of nitrogens with zero attached hydrogens (tertiary/aromatic N) is 1. The van der Waals surface area contributed by atoms with Crippen molar-refractivity contribution in [2.75, 3.05) is 25.9 Å². The van der Waals surface area contributed by atoms with Gasteiger partial charge in [0, 0.05) is 25.3 Å². The molecule has 0 atom stereocenters. The van der Waals surface area contributed by atoms with Crippen molar-refractivity contribution in [3.05, 3.63) is 35.4 Å². The fourth-order valence-corrected chi connectivity index (χ4v) is 2.04. The average molecular weight is 232 g/mol. The van der Waals surface area contributed by atoms with Crippen molar-refractivity contribution in [3.63, 3.8) is 0 Å². The lowest BCUT2D eigenvalue weighted by Crippen LogP contribution is -2.28. The minimum Gasteiger partial charge on any atom is -0.497 e. The maximum absolute atomic E-state index is 5.99. The standard InChI is InChI=1S/C14H20N2O/c1-11-5-7-16(8-6-11)10-12-9-13(17-2)3-4-14(12)15/h3-5,9H,6-8,10,15H2,1-2H3. The number of rotatable bonds is 3. The highest BCUT2D eigenvalue weighted by atomic mass is 16.5. The van der Waals surface area contributed by atoms with Gasteiger partial charge in [0.15, 0.2) is 0 Å². The van der Waals surface area contributed by atoms with Gasteiger partial charge >= 0.3 is 0 Å². The fraction of sp³-hybridized carbons (Fsp3) is 0.429. The van der Waals surface area contributed by atoms with Crippen molar-refractivity contribution in [1.82, 2.24) is 4.90 Å². The highest BCUT2D eigenvalue weighted by Crippen LogP contribution is 2.22. The Balaban J connectivity index is 2.08. The molecule has 2 N–H and O–H groups in total. The van der Waals surface area contributed by atoms with Gasteiger partial charge in [0.2, 0.25) is 0 Å². The van der Waals surface area contributed by atoms with Crippen LogP contribution in [0.4, 0.5) is 5.69 Å². The molecule has 0 aromatic heterocycles. The van der Waals surface area contributed by atoms with Crippen LogP contribution in [0.15, 0.2) is 29.8 Å². The van der Waals surface area contributed by atoms with Gasteiger partial charge in [0.05, 0.1) is 7.11 Å². The summed E-state index contributed by atoms with van der Waals surface area (Å²) in [5.74, 6) is 0.873. The molecule has 0 fully saturated rings. The third kappa shape index (κ3) is 3.01. The quantitative estimate of drug-likeness (QED) is 0.642. The Morgan fingerprint density at radius 1 is 1.41 bits per heavy atom. The van der Waals surface area contributed by atoms with Gasteiger partial charge in [-0.1, -0.05) is 11.6 Å². The summed E-state index contributed by atoms with van der Waals surface area (Å²) in [7, 11) is 1.68. The van der Waals surface area contributed by atoms with E-state index in [2.05, 4.69) is 17.9 Å². The first-order valence-corrected chi connectivity index (χ1v) is 5.99. The lowest BCUT2D eigenvalue weighted by molar-refractivity contribution is 0.286. The predicted molar refractivity (Wildman–Crippen MR) is 71.1 cm³/mol. The molecule has 0 spiro atoms. The molecule has 1 aromatic rings. The zero-order chi connectivity index (χ0) is 12.3. The van der Waals surface area contributed by atoms with Crippen molar-refractivity contribution >= 4 is 5.69 Å². The van der Waals surface area contributed by atoms with E-state index in [-0.39, 0.29) is 0 Å². The van der Waals surface area contributed by atoms with Crippen LogP contribution >= 0.6 is 0 Å². The maximum Gasteiger partial charge on any atom is 0.119 e. The molecule has 0 unspecified atom stereocenters. The molecule has 92 valence electrons. The summed E-state index contributed by atoms with van der Waals surface area (Å²) in [6, 6.07) is 5.85. The third-order valence-electron chi connectivity index (χ3n) is 3.26. The van der Waals surface area contributed by atoms with Gasteiger partial charge in [-0.05, 0) is 37.1 Å². The van der Waals surface area contributed by atoms with Crippen LogP contribution in [0.2, 0.25) is 0 Å². The first kappa shape index (κ1) is 12.0. The Bertz CT molecular complexity index is 426. The Morgan fingerprint density at radius 3 is 2.88 bits per heavy atom. The molecule has 1 aliphatic rings. The molecule has 0 bridgehead atoms. The molecular weight excluding hydrogens is 212 g/mol. The van der Waals surface area contributed by atoms with Gasteiger partial charge < -0.3 is 10.5 Å². The van der Waals surface area contributed by atoms with E-state index in [1.807, 2.05) is 18.2 Å². The highest BCUT2D eigenvalue weighted by molar-refractivity contribution is 5.50. The first-order valence-electron chi connectivity index (χ1n) is 5.99. The highest BCUT2D eigenvalue weighted by Gasteiger charge is 2.11. The van der Waals surface area contributed by atoms with Gasteiger partial charge in [-0.3, -0.25) is 4.90 Å². The number of anilines is 1. The summed E-state index contributed by atoms with van der Waals surface area (Å²) in [5, 5.41) is 0. The number of hydrogen-bond donors (Lipinski definition) is 1. The number of benzene rings is 1. The summed E-state index contributed by atoms with van der Waals surface area (Å²) >= 11 is 0. The Kier molecular flexibility index (Phi) is 3.69. The van der Waals surface area contributed by atoms with Crippen LogP contribution < -0.4 is 10.5 Å². The van der Waals surface area contributed by atoms with Crippen LogP contribution in [0.3, 0.4) is 0 Å². The van der Waals surface area contributed by atoms with E-state index >= 15 is 0 Å². The van der Waals surface area contributed by atoms with E-state index < -0.39 is 0 Å². The smallest absolute Gasteiger partial charge is 0.119 e. The van der Waals surface area contributed by atoms with Crippen LogP contribution in [-0.2, 0) is 6.54 Å². The number of nitrogen functional groups attached to an aromatic ring is 1. The number of ether oxygens (including phenoxy) is 1. The van der Waals surface area contributed by atoms with Crippen LogP contribution in [0.25, 0.3) is 0 Å². The van der Waals surface area contributed by atoms with Crippen LogP contribution in [-0.4, -0.2) is 25.1 Å². The summed E-state index contributed by atoms with van der Waals surface area (Å²) < 4.78 is 5.23. The lowest BCUT2D eigenvalue weighted by Gasteiger charge is -2.25. The van der Waals surface area contributed by atoms with E-state index in [4.69, 9.17) is 10.5 Å². The SMILES string of the molecule is COc1ccc(N)c(CN2CC=C(C)CC2)c1. The van der Waals surface area contributed by atoms with E-state index in [1.165, 1.54) is 5.57 Å². The molecule has 0 aliphatic carbocycles. The zero-order valence-corrected chi connectivity index (χ0v) is 10.6. The summed E-state index contributed by atoms with van der Waals surface area (Å²) in [4.78, 5) is 2.40. The topological polar surface area (TPSA) is 38.5 Å². The molecule has 17 heavy (non-hydrogen) atoms. The summed E-state index contributed by atoms with van der Waals surface area (Å²) in [5.41, 5.74) is 9.47. The molecule has 1 heterocycles. The van der Waals surface area contributed by atoms with Crippen LogP contribution in [0.5, 0.6) is 5.75 Å². The van der Waals surface area contributed by atoms with Crippen molar-refractivity contribution in [2.45, 2.75) is 19.9 Å². The molecule has 1 aliphatic heterocycles. The molecule has 0 radical (unpaired) electrons. The Hall–Kier alpha value is -1.48.